The quantitative estimate of drug-likeness (QED) is 0.0190. The first kappa shape index (κ1) is 60.0. The molecular weight excluding hydrogens is 939 g/mol. The standard InChI is InChI=1S/C43H71N13O15/c1-20(2)16-26(39(67)55-33(21(3)4)40(68)52-25(11-8-14-47-43(44)45)41(69)56-15-9-12-29(56)42(70)71)51-30(57)19-48-34(62)22(5)49-37(65)27(17-31(58)59)54-38(66)28(18-32(60)61)53-35(63)23(6)50-36(64)24-10-7-13-46-24/h20-29,33,46H,7-19H2,1-6H3,(H,48,62)(H,49,65)(H,50,64)(H,51,57)(H,52,68)(H,53,63)(H,54,66)(H,55,67)(H,58,59)(H,60,61)(H,70,71)(H4,44,45,47)/t22-,23-,24-,25-,26-,27-,28-,29-,33-/m0/s1. The van der Waals surface area contributed by atoms with Gasteiger partial charge in [0.1, 0.15) is 48.3 Å². The molecule has 9 amide bonds. The van der Waals surface area contributed by atoms with Crippen LogP contribution in [-0.4, -0.2) is 178 Å². The van der Waals surface area contributed by atoms with Crippen molar-refractivity contribution in [3.63, 3.8) is 0 Å². The van der Waals surface area contributed by atoms with E-state index in [0.717, 1.165) is 13.3 Å². The number of nitrogens with two attached hydrogens (primary N) is 1. The third-order valence-electron chi connectivity index (χ3n) is 11.4. The molecule has 0 aromatic heterocycles. The molecule has 28 heteroatoms. The summed E-state index contributed by atoms with van der Waals surface area (Å²) in [5, 5.41) is 60.5. The first-order valence-corrected chi connectivity index (χ1v) is 23.4. The summed E-state index contributed by atoms with van der Waals surface area (Å²) in [5.74, 6) is -13.4. The zero-order valence-corrected chi connectivity index (χ0v) is 40.8. The lowest BCUT2D eigenvalue weighted by molar-refractivity contribution is -0.149. The fraction of sp³-hybridized carbons (Fsp3) is 0.698. The van der Waals surface area contributed by atoms with Crippen LogP contribution >= 0.6 is 0 Å². The Labute approximate surface area is 410 Å². The van der Waals surface area contributed by atoms with Crippen LogP contribution in [0, 0.1) is 17.2 Å². The van der Waals surface area contributed by atoms with E-state index in [2.05, 4.69) is 53.2 Å². The van der Waals surface area contributed by atoms with Crippen LogP contribution < -0.4 is 58.9 Å². The summed E-state index contributed by atoms with van der Waals surface area (Å²) >= 11 is 0. The minimum Gasteiger partial charge on any atom is -0.481 e. The van der Waals surface area contributed by atoms with Crippen LogP contribution in [0.1, 0.15) is 99.3 Å². The number of guanidine groups is 1. The van der Waals surface area contributed by atoms with Gasteiger partial charge in [-0.05, 0) is 77.2 Å². The molecule has 398 valence electrons. The van der Waals surface area contributed by atoms with E-state index in [1.165, 1.54) is 11.8 Å². The molecular formula is C43H71N13O15. The third kappa shape index (κ3) is 20.8. The smallest absolute Gasteiger partial charge is 0.326 e. The Balaban J connectivity index is 2.10. The van der Waals surface area contributed by atoms with Gasteiger partial charge in [-0.3, -0.25) is 58.1 Å². The highest BCUT2D eigenvalue weighted by Crippen LogP contribution is 2.20. The topological polar surface area (TPSA) is 439 Å². The van der Waals surface area contributed by atoms with Crippen LogP contribution in [0.15, 0.2) is 0 Å². The van der Waals surface area contributed by atoms with Crippen LogP contribution in [0.5, 0.6) is 0 Å². The predicted molar refractivity (Wildman–Crippen MR) is 249 cm³/mol. The zero-order valence-electron chi connectivity index (χ0n) is 40.8. The lowest BCUT2D eigenvalue weighted by Crippen LogP contribution is -2.59. The number of aliphatic carboxylic acids is 3. The molecule has 0 bridgehead atoms. The van der Waals surface area contributed by atoms with E-state index in [1.54, 1.807) is 27.7 Å². The fourth-order valence-corrected chi connectivity index (χ4v) is 7.60. The van der Waals surface area contributed by atoms with Gasteiger partial charge in [-0.25, -0.2) is 4.79 Å². The van der Waals surface area contributed by atoms with Crippen molar-refractivity contribution >= 4 is 77.0 Å². The molecule has 0 aromatic rings. The van der Waals surface area contributed by atoms with Gasteiger partial charge >= 0.3 is 17.9 Å². The lowest BCUT2D eigenvalue weighted by atomic mass is 9.99. The van der Waals surface area contributed by atoms with Crippen molar-refractivity contribution in [1.29, 1.82) is 5.41 Å². The molecule has 2 aliphatic rings. The Bertz CT molecular complexity index is 1980. The Morgan fingerprint density at radius 2 is 1.21 bits per heavy atom. The van der Waals surface area contributed by atoms with Crippen molar-refractivity contribution in [2.24, 2.45) is 17.6 Å². The average molecular weight is 1010 g/mol. The number of carbonyl (C=O) groups is 12. The van der Waals surface area contributed by atoms with Crippen molar-refractivity contribution in [2.45, 2.75) is 154 Å². The predicted octanol–water partition coefficient (Wildman–Crippen LogP) is -4.72. The molecule has 16 N–H and O–H groups in total. The summed E-state index contributed by atoms with van der Waals surface area (Å²) in [6, 6.07) is -11.8. The summed E-state index contributed by atoms with van der Waals surface area (Å²) in [4.78, 5) is 156. The fourth-order valence-electron chi connectivity index (χ4n) is 7.60. The lowest BCUT2D eigenvalue weighted by Gasteiger charge is -2.30. The maximum Gasteiger partial charge on any atom is 0.326 e. The molecule has 0 radical (unpaired) electrons. The minimum atomic E-state index is -1.90. The molecule has 71 heavy (non-hydrogen) atoms. The number of carbonyl (C=O) groups excluding carboxylic acids is 9. The number of rotatable bonds is 29. The number of hydrogen-bond acceptors (Lipinski definition) is 14. The van der Waals surface area contributed by atoms with E-state index in [0.29, 0.717) is 19.4 Å². The molecule has 2 heterocycles. The van der Waals surface area contributed by atoms with E-state index in [9.17, 15) is 72.9 Å². The Hall–Kier alpha value is -7.13. The highest BCUT2D eigenvalue weighted by Gasteiger charge is 2.39. The Kier molecular flexibility index (Phi) is 24.6. The van der Waals surface area contributed by atoms with E-state index < -0.39 is 151 Å². The van der Waals surface area contributed by atoms with E-state index in [1.807, 2.05) is 0 Å². The van der Waals surface area contributed by atoms with E-state index in [4.69, 9.17) is 11.1 Å². The monoisotopic (exact) mass is 1010 g/mol. The third-order valence-corrected chi connectivity index (χ3v) is 11.4. The zero-order chi connectivity index (χ0) is 53.7. The molecule has 0 spiro atoms. The average Bonchev–Trinajstić information content (AvgIpc) is 4.01. The van der Waals surface area contributed by atoms with Crippen LogP contribution in [0.3, 0.4) is 0 Å². The highest BCUT2D eigenvalue weighted by atomic mass is 16.4. The number of likely N-dealkylation sites (tertiary alicyclic amines) is 1. The van der Waals surface area contributed by atoms with Gasteiger partial charge in [0.25, 0.3) is 0 Å². The molecule has 0 aliphatic carbocycles. The molecule has 2 fully saturated rings. The molecule has 2 aliphatic heterocycles. The molecule has 2 rings (SSSR count). The van der Waals surface area contributed by atoms with Crippen molar-refractivity contribution in [1.82, 2.24) is 58.1 Å². The summed E-state index contributed by atoms with van der Waals surface area (Å²) in [6.07, 6.45) is 0.207. The first-order valence-electron chi connectivity index (χ1n) is 23.4. The van der Waals surface area contributed by atoms with Crippen LogP contribution in [0.2, 0.25) is 0 Å². The first-order chi connectivity index (χ1) is 33.2. The Morgan fingerprint density at radius 3 is 1.75 bits per heavy atom. The summed E-state index contributed by atoms with van der Waals surface area (Å²) in [6.45, 7) is 9.40. The highest BCUT2D eigenvalue weighted by molar-refractivity contribution is 5.99. The number of carboxylic acids is 3. The number of nitrogens with one attached hydrogen (secondary N) is 11. The van der Waals surface area contributed by atoms with Gasteiger partial charge in [0.2, 0.25) is 53.2 Å². The van der Waals surface area contributed by atoms with Gasteiger partial charge in [-0.1, -0.05) is 27.7 Å². The maximum absolute atomic E-state index is 13.8. The Morgan fingerprint density at radius 1 is 0.648 bits per heavy atom. The van der Waals surface area contributed by atoms with Crippen molar-refractivity contribution in [3.05, 3.63) is 0 Å². The second-order valence-corrected chi connectivity index (χ2v) is 18.2. The van der Waals surface area contributed by atoms with Gasteiger partial charge in [0, 0.05) is 13.1 Å². The maximum atomic E-state index is 13.8. The molecule has 0 unspecified atom stereocenters. The number of hydrogen-bond donors (Lipinski definition) is 15. The normalized spacial score (nSPS) is 18.2. The molecule has 2 saturated heterocycles. The summed E-state index contributed by atoms with van der Waals surface area (Å²) in [5.41, 5.74) is 5.35. The van der Waals surface area contributed by atoms with Gasteiger partial charge in [0.15, 0.2) is 5.96 Å². The van der Waals surface area contributed by atoms with Gasteiger partial charge in [0.05, 0.1) is 25.4 Å². The summed E-state index contributed by atoms with van der Waals surface area (Å²) in [7, 11) is 0. The summed E-state index contributed by atoms with van der Waals surface area (Å²) < 4.78 is 0. The van der Waals surface area contributed by atoms with E-state index >= 15 is 0 Å². The van der Waals surface area contributed by atoms with Crippen LogP contribution in [0.4, 0.5) is 0 Å². The molecule has 0 saturated carbocycles. The van der Waals surface area contributed by atoms with Crippen LogP contribution in [-0.2, 0) is 57.5 Å². The van der Waals surface area contributed by atoms with Gasteiger partial charge < -0.3 is 79.1 Å². The molecule has 0 aromatic carbocycles. The number of carboxylic acid groups (broad SMARTS) is 3. The van der Waals surface area contributed by atoms with Crippen molar-refractivity contribution in [3.8, 4) is 0 Å². The van der Waals surface area contributed by atoms with Gasteiger partial charge in [-0.15, -0.1) is 0 Å². The van der Waals surface area contributed by atoms with Crippen LogP contribution in [0.25, 0.3) is 0 Å². The minimum absolute atomic E-state index is 0.0317. The molecule has 9 atom stereocenters. The van der Waals surface area contributed by atoms with Gasteiger partial charge in [-0.2, -0.15) is 0 Å². The molecule has 28 nitrogen and oxygen atoms in total. The second kappa shape index (κ2) is 29.1. The van der Waals surface area contributed by atoms with Crippen molar-refractivity contribution < 1.29 is 72.9 Å². The van der Waals surface area contributed by atoms with E-state index in [-0.39, 0.29) is 50.7 Å². The number of nitrogens with zero attached hydrogens (tertiary/aromatic N) is 1. The SMILES string of the molecule is CC(C)C[C@H](NC(=O)CNC(=O)[C@H](C)NC(=O)[C@H](CC(=O)O)NC(=O)[C@H](CC(=O)O)NC(=O)[C@H](C)NC(=O)[C@@H]1CCCN1)C(=O)N[C@H](C(=O)N[C@@H](CCCNC(=N)N)C(=O)N1CCC[C@H]1C(=O)O)C(C)C. The largest absolute Gasteiger partial charge is 0.481 e. The second-order valence-electron chi connectivity index (χ2n) is 18.2. The van der Waals surface area contributed by atoms with Crippen molar-refractivity contribution in [2.75, 3.05) is 26.2 Å². The number of amides is 9.